The zero-order valence-electron chi connectivity index (χ0n) is 14.9. The monoisotopic (exact) mass is 434 g/mol. The van der Waals surface area contributed by atoms with Crippen molar-refractivity contribution >= 4 is 33.6 Å². The van der Waals surface area contributed by atoms with Gasteiger partial charge in [0.15, 0.2) is 11.0 Å². The van der Waals surface area contributed by atoms with Gasteiger partial charge in [0.05, 0.1) is 5.75 Å². The van der Waals surface area contributed by atoms with Gasteiger partial charge in [-0.1, -0.05) is 46.7 Å². The van der Waals surface area contributed by atoms with Gasteiger partial charge in [0.25, 0.3) is 0 Å². The number of carbonyl (C=O) groups excluding carboxylic acids is 1. The lowest BCUT2D eigenvalue weighted by atomic mass is 9.99. The predicted molar refractivity (Wildman–Crippen MR) is 107 cm³/mol. The van der Waals surface area contributed by atoms with Crippen molar-refractivity contribution in [1.29, 1.82) is 0 Å². The molecule has 1 aromatic heterocycles. The van der Waals surface area contributed by atoms with Crippen LogP contribution in [-0.4, -0.2) is 44.4 Å². The maximum absolute atomic E-state index is 12.5. The van der Waals surface area contributed by atoms with Crippen molar-refractivity contribution < 1.29 is 4.79 Å². The van der Waals surface area contributed by atoms with E-state index in [1.165, 1.54) is 11.8 Å². The number of benzene rings is 1. The minimum Gasteiger partial charge on any atom is -0.342 e. The molecule has 26 heavy (non-hydrogen) atoms. The van der Waals surface area contributed by atoms with E-state index in [1.54, 1.807) is 0 Å². The van der Waals surface area contributed by atoms with E-state index in [0.29, 0.717) is 11.8 Å². The molecule has 1 saturated heterocycles. The Morgan fingerprint density at radius 3 is 2.50 bits per heavy atom. The lowest BCUT2D eigenvalue weighted by Crippen LogP contribution is -2.38. The number of rotatable bonds is 5. The van der Waals surface area contributed by atoms with Gasteiger partial charge < -0.3 is 4.90 Å². The van der Waals surface area contributed by atoms with E-state index < -0.39 is 0 Å². The number of hydrogen-bond donors (Lipinski definition) is 0. The molecule has 4 rings (SSSR count). The van der Waals surface area contributed by atoms with Gasteiger partial charge in [-0.05, 0) is 43.7 Å². The number of hydrogen-bond acceptors (Lipinski definition) is 4. The molecule has 5 nitrogen and oxygen atoms in total. The van der Waals surface area contributed by atoms with Crippen LogP contribution in [0.15, 0.2) is 33.9 Å². The molecule has 2 heterocycles. The Morgan fingerprint density at radius 1 is 1.15 bits per heavy atom. The van der Waals surface area contributed by atoms with Crippen LogP contribution in [-0.2, 0) is 4.79 Å². The largest absolute Gasteiger partial charge is 0.342 e. The summed E-state index contributed by atoms with van der Waals surface area (Å²) < 4.78 is 3.27. The molecular weight excluding hydrogens is 412 g/mol. The lowest BCUT2D eigenvalue weighted by molar-refractivity contribution is -0.129. The fourth-order valence-electron chi connectivity index (χ4n) is 3.31. The average molecular weight is 435 g/mol. The molecule has 2 fully saturated rings. The second kappa shape index (κ2) is 7.72. The smallest absolute Gasteiger partial charge is 0.233 e. The molecule has 7 heteroatoms. The summed E-state index contributed by atoms with van der Waals surface area (Å²) in [4.78, 5) is 14.5. The molecule has 0 N–H and O–H groups in total. The number of aromatic nitrogens is 3. The second-order valence-corrected chi connectivity index (χ2v) is 9.12. The summed E-state index contributed by atoms with van der Waals surface area (Å²) in [6, 6.07) is 8.63. The molecule has 1 saturated carbocycles. The molecule has 1 aromatic carbocycles. The van der Waals surface area contributed by atoms with Crippen LogP contribution in [0, 0.1) is 5.92 Å². The topological polar surface area (TPSA) is 51.0 Å². The SMILES string of the molecule is CC1CCN(C(=O)CSc2nnc(-c3ccc(Br)cc3)n2C2CC2)CC1. The van der Waals surface area contributed by atoms with Crippen LogP contribution in [0.2, 0.25) is 0 Å². The maximum atomic E-state index is 12.5. The Morgan fingerprint density at radius 2 is 1.85 bits per heavy atom. The highest BCUT2D eigenvalue weighted by atomic mass is 79.9. The maximum Gasteiger partial charge on any atom is 0.233 e. The molecule has 138 valence electrons. The third-order valence-corrected chi connectivity index (χ3v) is 6.60. The lowest BCUT2D eigenvalue weighted by Gasteiger charge is -2.30. The second-order valence-electron chi connectivity index (χ2n) is 7.27. The van der Waals surface area contributed by atoms with Gasteiger partial charge in [-0.25, -0.2) is 0 Å². The Kier molecular flexibility index (Phi) is 5.36. The van der Waals surface area contributed by atoms with Crippen molar-refractivity contribution in [2.45, 2.75) is 43.8 Å². The van der Waals surface area contributed by atoms with Gasteiger partial charge in [-0.2, -0.15) is 0 Å². The number of thioether (sulfide) groups is 1. The van der Waals surface area contributed by atoms with Crippen molar-refractivity contribution in [3.05, 3.63) is 28.7 Å². The average Bonchev–Trinajstić information content (AvgIpc) is 3.40. The van der Waals surface area contributed by atoms with Crippen LogP contribution in [0.3, 0.4) is 0 Å². The molecule has 0 radical (unpaired) electrons. The van der Waals surface area contributed by atoms with Crippen LogP contribution in [0.25, 0.3) is 11.4 Å². The minimum atomic E-state index is 0.220. The summed E-state index contributed by atoms with van der Waals surface area (Å²) in [5.74, 6) is 2.30. The number of halogens is 1. The third kappa shape index (κ3) is 3.98. The van der Waals surface area contributed by atoms with Crippen molar-refractivity contribution in [2.75, 3.05) is 18.8 Å². The van der Waals surface area contributed by atoms with Gasteiger partial charge in [0.1, 0.15) is 0 Å². The summed E-state index contributed by atoms with van der Waals surface area (Å²) >= 11 is 5.00. The molecule has 1 amide bonds. The first-order valence-electron chi connectivity index (χ1n) is 9.23. The van der Waals surface area contributed by atoms with Crippen molar-refractivity contribution in [3.63, 3.8) is 0 Å². The molecule has 2 aliphatic rings. The summed E-state index contributed by atoms with van der Waals surface area (Å²) in [5.41, 5.74) is 1.07. The molecule has 2 aromatic rings. The van der Waals surface area contributed by atoms with E-state index in [4.69, 9.17) is 0 Å². The molecular formula is C19H23BrN4OS. The molecule has 0 bridgehead atoms. The molecule has 0 unspecified atom stereocenters. The van der Waals surface area contributed by atoms with E-state index >= 15 is 0 Å². The first-order chi connectivity index (χ1) is 12.6. The van der Waals surface area contributed by atoms with E-state index in [0.717, 1.165) is 65.7 Å². The molecule has 0 atom stereocenters. The van der Waals surface area contributed by atoms with Crippen LogP contribution in [0.5, 0.6) is 0 Å². The van der Waals surface area contributed by atoms with Gasteiger partial charge in [0.2, 0.25) is 5.91 Å². The van der Waals surface area contributed by atoms with E-state index in [-0.39, 0.29) is 5.91 Å². The normalized spacial score (nSPS) is 18.3. The fraction of sp³-hybridized carbons (Fsp3) is 0.526. The summed E-state index contributed by atoms with van der Waals surface area (Å²) in [5, 5.41) is 9.69. The summed E-state index contributed by atoms with van der Waals surface area (Å²) in [6.45, 7) is 4.04. The zero-order valence-corrected chi connectivity index (χ0v) is 17.3. The van der Waals surface area contributed by atoms with Crippen LogP contribution >= 0.6 is 27.7 Å². The summed E-state index contributed by atoms with van der Waals surface area (Å²) in [6.07, 6.45) is 4.55. The third-order valence-electron chi connectivity index (χ3n) is 5.14. The van der Waals surface area contributed by atoms with Gasteiger partial charge >= 0.3 is 0 Å². The van der Waals surface area contributed by atoms with Gasteiger partial charge in [-0.15, -0.1) is 10.2 Å². The van der Waals surface area contributed by atoms with Crippen molar-refractivity contribution in [1.82, 2.24) is 19.7 Å². The highest BCUT2D eigenvalue weighted by molar-refractivity contribution is 9.10. The number of nitrogens with zero attached hydrogens (tertiary/aromatic N) is 4. The Balaban J connectivity index is 1.47. The van der Waals surface area contributed by atoms with Crippen molar-refractivity contribution in [3.8, 4) is 11.4 Å². The number of carbonyl (C=O) groups is 1. The van der Waals surface area contributed by atoms with Crippen molar-refractivity contribution in [2.24, 2.45) is 5.92 Å². The minimum absolute atomic E-state index is 0.220. The Bertz CT molecular complexity index is 779. The first kappa shape index (κ1) is 18.0. The van der Waals surface area contributed by atoms with Crippen LogP contribution in [0.1, 0.15) is 38.6 Å². The predicted octanol–water partition coefficient (Wildman–Crippen LogP) is 4.39. The molecule has 0 spiro atoms. The number of amides is 1. The van der Waals surface area contributed by atoms with Crippen LogP contribution in [0.4, 0.5) is 0 Å². The molecule has 1 aliphatic carbocycles. The number of likely N-dealkylation sites (tertiary alicyclic amines) is 1. The van der Waals surface area contributed by atoms with Crippen LogP contribution < -0.4 is 0 Å². The zero-order chi connectivity index (χ0) is 18.1. The van der Waals surface area contributed by atoms with E-state index in [9.17, 15) is 4.79 Å². The Hall–Kier alpha value is -1.34. The highest BCUT2D eigenvalue weighted by Gasteiger charge is 2.30. The summed E-state index contributed by atoms with van der Waals surface area (Å²) in [7, 11) is 0. The fourth-order valence-corrected chi connectivity index (χ4v) is 4.48. The number of piperidine rings is 1. The standard InChI is InChI=1S/C19H23BrN4OS/c1-13-8-10-23(11-9-13)17(25)12-26-19-22-21-18(24(19)16-6-7-16)14-2-4-15(20)5-3-14/h2-5,13,16H,6-12H2,1H3. The van der Waals surface area contributed by atoms with Gasteiger partial charge in [0, 0.05) is 29.2 Å². The van der Waals surface area contributed by atoms with E-state index in [1.807, 2.05) is 17.0 Å². The molecule has 1 aliphatic heterocycles. The highest BCUT2D eigenvalue weighted by Crippen LogP contribution is 2.41. The van der Waals surface area contributed by atoms with E-state index in [2.05, 4.69) is 49.8 Å². The first-order valence-corrected chi connectivity index (χ1v) is 11.0. The quantitative estimate of drug-likeness (QED) is 0.654. The van der Waals surface area contributed by atoms with Gasteiger partial charge in [-0.3, -0.25) is 9.36 Å². The Labute approximate surface area is 166 Å².